The number of rotatable bonds is 13. The Morgan fingerprint density at radius 1 is 0.700 bits per heavy atom. The van der Waals surface area contributed by atoms with Crippen LogP contribution in [-0.4, -0.2) is 37.0 Å². The molecule has 210 valence electrons. The van der Waals surface area contributed by atoms with E-state index >= 15 is 0 Å². The van der Waals surface area contributed by atoms with E-state index in [1.807, 2.05) is 100 Å². The first-order valence-electron chi connectivity index (χ1n) is 14.0. The Bertz CT molecular complexity index is 1450. The van der Waals surface area contributed by atoms with E-state index in [9.17, 15) is 0 Å². The summed E-state index contributed by atoms with van der Waals surface area (Å²) in [4.78, 5) is 8.81. The Labute approximate surface area is 236 Å². The van der Waals surface area contributed by atoms with E-state index in [0.717, 1.165) is 64.2 Å². The van der Waals surface area contributed by atoms with E-state index in [-0.39, 0.29) is 12.1 Å². The lowest BCUT2D eigenvalue weighted by Crippen LogP contribution is -2.15. The van der Waals surface area contributed by atoms with E-state index < -0.39 is 0 Å². The highest BCUT2D eigenvalue weighted by atomic mass is 16.5. The van der Waals surface area contributed by atoms with Crippen molar-refractivity contribution in [1.82, 2.24) is 0 Å². The summed E-state index contributed by atoms with van der Waals surface area (Å²) in [5.41, 5.74) is 15.7. The molecule has 3 aromatic carbocycles. The molecule has 0 fully saturated rings. The largest absolute Gasteiger partial charge is 0.494 e. The van der Waals surface area contributed by atoms with Gasteiger partial charge in [-0.1, -0.05) is 24.3 Å². The molecule has 0 radical (unpaired) electrons. The predicted octanol–water partition coefficient (Wildman–Crippen LogP) is 6.96. The Morgan fingerprint density at radius 2 is 1.32 bits per heavy atom. The number of nitrogens with two attached hydrogens (primary N) is 2. The molecule has 1 aromatic heterocycles. The third kappa shape index (κ3) is 8.12. The van der Waals surface area contributed by atoms with Crippen LogP contribution in [-0.2, 0) is 0 Å². The van der Waals surface area contributed by atoms with Crippen molar-refractivity contribution in [2.75, 3.05) is 13.2 Å². The molecule has 4 aromatic rings. The number of aliphatic imine (C=N–C) groups is 2. The second-order valence-corrected chi connectivity index (χ2v) is 10.4. The number of furan rings is 1. The number of ether oxygens (including phenoxy) is 2. The molecule has 1 heterocycles. The normalized spacial score (nSPS) is 12.4. The Hall–Kier alpha value is -4.26. The summed E-state index contributed by atoms with van der Waals surface area (Å²) < 4.78 is 18.0. The highest BCUT2D eigenvalue weighted by Crippen LogP contribution is 2.30. The summed E-state index contributed by atoms with van der Waals surface area (Å²) in [5, 5.41) is 1.02. The fourth-order valence-corrected chi connectivity index (χ4v) is 4.26. The first-order valence-corrected chi connectivity index (χ1v) is 14.0. The van der Waals surface area contributed by atoms with Gasteiger partial charge in [-0.25, -0.2) is 0 Å². The van der Waals surface area contributed by atoms with E-state index in [4.69, 9.17) is 25.4 Å². The zero-order chi connectivity index (χ0) is 28.5. The van der Waals surface area contributed by atoms with Gasteiger partial charge in [0.25, 0.3) is 0 Å². The van der Waals surface area contributed by atoms with Crippen molar-refractivity contribution in [3.05, 3.63) is 83.9 Å². The van der Waals surface area contributed by atoms with Gasteiger partial charge in [0.05, 0.1) is 13.2 Å². The van der Waals surface area contributed by atoms with Crippen molar-refractivity contribution in [3.63, 3.8) is 0 Å². The van der Waals surface area contributed by atoms with Gasteiger partial charge >= 0.3 is 0 Å². The molecule has 0 aliphatic rings. The maximum Gasteiger partial charge on any atom is 0.135 e. The van der Waals surface area contributed by atoms with Crippen LogP contribution >= 0.6 is 0 Å². The lowest BCUT2D eigenvalue weighted by atomic mass is 10.1. The molecule has 0 atom stereocenters. The average Bonchev–Trinajstić information content (AvgIpc) is 3.36. The molecule has 7 nitrogen and oxygen atoms in total. The number of fused-ring (bicyclic) bond motifs is 1. The van der Waals surface area contributed by atoms with Gasteiger partial charge in [-0.2, -0.15) is 0 Å². The van der Waals surface area contributed by atoms with Crippen LogP contribution in [0, 0.1) is 0 Å². The predicted molar refractivity (Wildman–Crippen MR) is 165 cm³/mol. The van der Waals surface area contributed by atoms with Gasteiger partial charge in [0.15, 0.2) is 0 Å². The third-order valence-corrected chi connectivity index (χ3v) is 6.21. The van der Waals surface area contributed by atoms with Crippen molar-refractivity contribution in [3.8, 4) is 22.8 Å². The molecule has 0 aliphatic heterocycles. The fraction of sp³-hybridized carbons (Fsp3) is 0.333. The molecule has 0 aliphatic carbocycles. The maximum atomic E-state index is 6.15. The average molecular weight is 541 g/mol. The van der Waals surface area contributed by atoms with Crippen molar-refractivity contribution >= 4 is 22.6 Å². The minimum Gasteiger partial charge on any atom is -0.494 e. The van der Waals surface area contributed by atoms with Gasteiger partial charge in [0, 0.05) is 34.2 Å². The molecule has 40 heavy (non-hydrogen) atoms. The third-order valence-electron chi connectivity index (χ3n) is 6.21. The topological polar surface area (TPSA) is 108 Å². The Kier molecular flexibility index (Phi) is 9.84. The smallest absolute Gasteiger partial charge is 0.135 e. The zero-order valence-electron chi connectivity index (χ0n) is 23.9. The van der Waals surface area contributed by atoms with Crippen LogP contribution in [0.15, 0.2) is 87.2 Å². The van der Waals surface area contributed by atoms with Gasteiger partial charge in [-0.05, 0) is 95.5 Å². The van der Waals surface area contributed by atoms with Crippen LogP contribution < -0.4 is 20.9 Å². The van der Waals surface area contributed by atoms with Gasteiger partial charge < -0.3 is 25.4 Å². The van der Waals surface area contributed by atoms with Crippen molar-refractivity contribution < 1.29 is 13.9 Å². The molecule has 0 unspecified atom stereocenters. The number of hydrogen-bond acceptors (Lipinski definition) is 5. The molecule has 0 bridgehead atoms. The molecule has 4 rings (SSSR count). The highest BCUT2D eigenvalue weighted by molar-refractivity contribution is 6.00. The summed E-state index contributed by atoms with van der Waals surface area (Å²) in [6, 6.07) is 24.0. The molecule has 4 N–H and O–H groups in total. The van der Waals surface area contributed by atoms with Crippen LogP contribution in [0.3, 0.4) is 0 Å². The van der Waals surface area contributed by atoms with Crippen molar-refractivity contribution in [1.29, 1.82) is 0 Å². The molecule has 7 heteroatoms. The number of unbranched alkanes of at least 4 members (excludes halogenated alkanes) is 2. The molecule has 0 saturated heterocycles. The minimum atomic E-state index is 0.137. The summed E-state index contributed by atoms with van der Waals surface area (Å²) in [6.07, 6.45) is 2.91. The van der Waals surface area contributed by atoms with Crippen molar-refractivity contribution in [2.24, 2.45) is 21.5 Å². The standard InChI is InChI=1S/C33H40N4O3/c1-22(2)36-32(34)24-13-15-28(16-14-24)38-17-6-5-7-18-39-29-10-8-9-25(19-29)30-20-26-11-12-27(21-31(26)40-30)33(35)37-23(3)4/h8-16,19-23H,5-7,17-18H2,1-4H3,(H2,34,36)(H2,35,37). The van der Waals surface area contributed by atoms with E-state index in [1.165, 1.54) is 0 Å². The zero-order valence-corrected chi connectivity index (χ0v) is 23.9. The van der Waals surface area contributed by atoms with Crippen LogP contribution in [0.5, 0.6) is 11.5 Å². The van der Waals surface area contributed by atoms with Gasteiger partial charge in [-0.3, -0.25) is 9.98 Å². The monoisotopic (exact) mass is 540 g/mol. The number of amidine groups is 2. The van der Waals surface area contributed by atoms with E-state index in [1.54, 1.807) is 0 Å². The Balaban J connectivity index is 1.22. The van der Waals surface area contributed by atoms with Crippen molar-refractivity contribution in [2.45, 2.75) is 59.0 Å². The lowest BCUT2D eigenvalue weighted by molar-refractivity contribution is 0.279. The summed E-state index contributed by atoms with van der Waals surface area (Å²) in [7, 11) is 0. The summed E-state index contributed by atoms with van der Waals surface area (Å²) in [6.45, 7) is 9.32. The van der Waals surface area contributed by atoms with Gasteiger partial charge in [-0.15, -0.1) is 0 Å². The molecule has 0 spiro atoms. The van der Waals surface area contributed by atoms with E-state index in [2.05, 4.69) is 9.98 Å². The maximum absolute atomic E-state index is 6.15. The quantitative estimate of drug-likeness (QED) is 0.108. The van der Waals surface area contributed by atoms with Crippen LogP contribution in [0.1, 0.15) is 58.1 Å². The van der Waals surface area contributed by atoms with Crippen LogP contribution in [0.4, 0.5) is 0 Å². The fourth-order valence-electron chi connectivity index (χ4n) is 4.26. The van der Waals surface area contributed by atoms with Crippen LogP contribution in [0.2, 0.25) is 0 Å². The summed E-state index contributed by atoms with van der Waals surface area (Å²) in [5.74, 6) is 3.52. The minimum absolute atomic E-state index is 0.137. The molecular weight excluding hydrogens is 500 g/mol. The lowest BCUT2D eigenvalue weighted by Gasteiger charge is -2.09. The highest BCUT2D eigenvalue weighted by Gasteiger charge is 2.10. The molecule has 0 amide bonds. The van der Waals surface area contributed by atoms with Crippen LogP contribution in [0.25, 0.3) is 22.3 Å². The molecule has 0 saturated carbocycles. The first kappa shape index (κ1) is 28.7. The number of benzene rings is 3. The number of hydrogen-bond donors (Lipinski definition) is 2. The summed E-state index contributed by atoms with van der Waals surface area (Å²) >= 11 is 0. The first-order chi connectivity index (χ1) is 19.3. The van der Waals surface area contributed by atoms with E-state index in [0.29, 0.717) is 24.9 Å². The van der Waals surface area contributed by atoms with Gasteiger partial charge in [0.1, 0.15) is 34.5 Å². The number of nitrogens with zero attached hydrogens (tertiary/aromatic N) is 2. The molecular formula is C33H40N4O3. The second kappa shape index (κ2) is 13.7. The SMILES string of the molecule is CC(C)N=C(N)c1ccc(OCCCCCOc2cccc(-c3cc4ccc(C(N)=NC(C)C)cc4o3)c2)cc1. The second-order valence-electron chi connectivity index (χ2n) is 10.4. The van der Waals surface area contributed by atoms with Gasteiger partial charge in [0.2, 0.25) is 0 Å². The Morgan fingerprint density at radius 3 is 2.00 bits per heavy atom.